The van der Waals surface area contributed by atoms with Gasteiger partial charge in [-0.1, -0.05) is 12.1 Å². The van der Waals surface area contributed by atoms with Crippen LogP contribution in [-0.2, 0) is 15.4 Å². The van der Waals surface area contributed by atoms with Gasteiger partial charge >= 0.3 is 0 Å². The average molecular weight is 457 g/mol. The zero-order valence-corrected chi connectivity index (χ0v) is 18.8. The number of hydrogen-bond donors (Lipinski definition) is 1. The zero-order valence-electron chi connectivity index (χ0n) is 17.2. The minimum atomic E-state index is -3.31. The van der Waals surface area contributed by atoms with Gasteiger partial charge in [-0.25, -0.2) is 17.5 Å². The number of nitrogens with zero attached hydrogens (tertiary/aromatic N) is 2. The molecule has 0 spiro atoms. The molecular formula is C23H21FN2O3S2. The van der Waals surface area contributed by atoms with Crippen LogP contribution in [0.4, 0.5) is 4.39 Å². The molecule has 0 aliphatic rings. The molecule has 4 aromatic rings. The Balaban J connectivity index is 1.82. The van der Waals surface area contributed by atoms with Crippen molar-refractivity contribution in [1.29, 1.82) is 0 Å². The van der Waals surface area contributed by atoms with Gasteiger partial charge < -0.3 is 5.11 Å². The molecule has 31 heavy (non-hydrogen) atoms. The van der Waals surface area contributed by atoms with Crippen molar-refractivity contribution in [2.45, 2.75) is 24.3 Å². The number of halogens is 1. The van der Waals surface area contributed by atoms with E-state index in [2.05, 4.69) is 5.10 Å². The summed E-state index contributed by atoms with van der Waals surface area (Å²) in [5.74, 6) is -0.343. The van der Waals surface area contributed by atoms with Gasteiger partial charge in [0.05, 0.1) is 26.8 Å². The normalized spacial score (nSPS) is 12.3. The van der Waals surface area contributed by atoms with E-state index in [9.17, 15) is 17.9 Å². The Bertz CT molecular complexity index is 1350. The summed E-state index contributed by atoms with van der Waals surface area (Å²) in [5.41, 5.74) is 1.56. The highest BCUT2D eigenvalue weighted by Crippen LogP contribution is 2.37. The van der Waals surface area contributed by atoms with Gasteiger partial charge in [0.15, 0.2) is 9.84 Å². The van der Waals surface area contributed by atoms with Gasteiger partial charge in [0, 0.05) is 11.1 Å². The Morgan fingerprint density at radius 1 is 1.00 bits per heavy atom. The van der Waals surface area contributed by atoms with E-state index in [0.29, 0.717) is 11.4 Å². The molecule has 0 atom stereocenters. The Labute approximate surface area is 184 Å². The highest BCUT2D eigenvalue weighted by Gasteiger charge is 2.24. The molecular weight excluding hydrogens is 435 g/mol. The fraction of sp³-hybridized carbons (Fsp3) is 0.174. The maximum Gasteiger partial charge on any atom is 0.175 e. The van der Waals surface area contributed by atoms with E-state index in [0.717, 1.165) is 21.0 Å². The highest BCUT2D eigenvalue weighted by atomic mass is 32.2. The molecule has 1 N–H and O–H groups in total. The molecule has 2 heterocycles. The van der Waals surface area contributed by atoms with Crippen LogP contribution in [0.2, 0.25) is 0 Å². The number of rotatable bonds is 5. The minimum Gasteiger partial charge on any atom is -0.384 e. The predicted molar refractivity (Wildman–Crippen MR) is 121 cm³/mol. The topological polar surface area (TPSA) is 72.2 Å². The molecule has 0 amide bonds. The van der Waals surface area contributed by atoms with Crippen molar-refractivity contribution < 1.29 is 17.9 Å². The zero-order chi connectivity index (χ0) is 22.4. The quantitative estimate of drug-likeness (QED) is 0.457. The predicted octanol–water partition coefficient (Wildman–Crippen LogP) is 5.04. The van der Waals surface area contributed by atoms with E-state index in [-0.39, 0.29) is 10.7 Å². The van der Waals surface area contributed by atoms with Crippen LogP contribution in [0.15, 0.2) is 71.6 Å². The fourth-order valence-corrected chi connectivity index (χ4v) is 4.82. The molecule has 0 aliphatic carbocycles. The van der Waals surface area contributed by atoms with Crippen molar-refractivity contribution in [2.24, 2.45) is 0 Å². The van der Waals surface area contributed by atoms with Gasteiger partial charge in [0.1, 0.15) is 11.4 Å². The lowest BCUT2D eigenvalue weighted by atomic mass is 10.1. The van der Waals surface area contributed by atoms with Crippen LogP contribution < -0.4 is 0 Å². The summed E-state index contributed by atoms with van der Waals surface area (Å²) in [6.45, 7) is 3.31. The maximum atomic E-state index is 13.4. The lowest BCUT2D eigenvalue weighted by molar-refractivity contribution is 0.0734. The molecule has 0 bridgehead atoms. The summed E-state index contributed by atoms with van der Waals surface area (Å²) in [6.07, 6.45) is 1.19. The van der Waals surface area contributed by atoms with E-state index >= 15 is 0 Å². The molecule has 0 radical (unpaired) electrons. The van der Waals surface area contributed by atoms with Crippen molar-refractivity contribution in [2.75, 3.05) is 6.26 Å². The van der Waals surface area contributed by atoms with E-state index in [1.165, 1.54) is 29.7 Å². The smallest absolute Gasteiger partial charge is 0.175 e. The molecule has 0 saturated heterocycles. The van der Waals surface area contributed by atoms with E-state index in [4.69, 9.17) is 0 Å². The van der Waals surface area contributed by atoms with Crippen molar-refractivity contribution in [3.63, 3.8) is 0 Å². The third-order valence-corrected chi connectivity index (χ3v) is 7.08. The van der Waals surface area contributed by atoms with Crippen LogP contribution in [-0.4, -0.2) is 29.6 Å². The van der Waals surface area contributed by atoms with E-state index in [1.54, 1.807) is 48.9 Å². The summed E-state index contributed by atoms with van der Waals surface area (Å²) < 4.78 is 38.9. The first-order valence-electron chi connectivity index (χ1n) is 9.52. The molecule has 2 aromatic carbocycles. The SMILES string of the molecule is CC(C)(O)c1cc(-c2ccc(-c3cccc(S(C)(=O)=O)c3)s2)n(-c2ccc(F)cc2)n1. The minimum absolute atomic E-state index is 0.264. The first-order valence-corrected chi connectivity index (χ1v) is 12.2. The molecule has 8 heteroatoms. The van der Waals surface area contributed by atoms with Crippen molar-refractivity contribution in [3.05, 3.63) is 78.2 Å². The maximum absolute atomic E-state index is 13.4. The molecule has 160 valence electrons. The lowest BCUT2D eigenvalue weighted by Gasteiger charge is -2.13. The van der Waals surface area contributed by atoms with Crippen LogP contribution >= 0.6 is 11.3 Å². The second-order valence-electron chi connectivity index (χ2n) is 7.83. The average Bonchev–Trinajstić information content (AvgIpc) is 3.35. The van der Waals surface area contributed by atoms with Crippen LogP contribution in [0.3, 0.4) is 0 Å². The van der Waals surface area contributed by atoms with Gasteiger partial charge in [-0.05, 0) is 74.0 Å². The number of hydrogen-bond acceptors (Lipinski definition) is 5. The third kappa shape index (κ3) is 4.46. The number of aliphatic hydroxyl groups is 1. The van der Waals surface area contributed by atoms with Gasteiger partial charge in [-0.3, -0.25) is 0 Å². The number of benzene rings is 2. The van der Waals surface area contributed by atoms with Crippen LogP contribution in [0.25, 0.3) is 26.7 Å². The molecule has 0 fully saturated rings. The third-order valence-electron chi connectivity index (χ3n) is 4.81. The van der Waals surface area contributed by atoms with E-state index < -0.39 is 15.4 Å². The van der Waals surface area contributed by atoms with Crippen LogP contribution in [0, 0.1) is 5.82 Å². The Kier molecular flexibility index (Phi) is 5.33. The van der Waals surface area contributed by atoms with Gasteiger partial charge in [-0.2, -0.15) is 5.10 Å². The summed E-state index contributed by atoms with van der Waals surface area (Å²) in [4.78, 5) is 2.05. The molecule has 2 aromatic heterocycles. The number of aromatic nitrogens is 2. The Morgan fingerprint density at radius 2 is 1.68 bits per heavy atom. The lowest BCUT2D eigenvalue weighted by Crippen LogP contribution is -2.16. The molecule has 0 unspecified atom stereocenters. The number of thiophene rings is 1. The first kappa shape index (κ1) is 21.4. The molecule has 0 aliphatic heterocycles. The van der Waals surface area contributed by atoms with E-state index in [1.807, 2.05) is 24.3 Å². The summed E-state index contributed by atoms with van der Waals surface area (Å²) in [6, 6.07) is 18.5. The van der Waals surface area contributed by atoms with Crippen molar-refractivity contribution in [1.82, 2.24) is 9.78 Å². The first-order chi connectivity index (χ1) is 14.5. The van der Waals surface area contributed by atoms with Crippen LogP contribution in [0.1, 0.15) is 19.5 Å². The van der Waals surface area contributed by atoms with Gasteiger partial charge in [-0.15, -0.1) is 11.3 Å². The molecule has 5 nitrogen and oxygen atoms in total. The second-order valence-corrected chi connectivity index (χ2v) is 10.9. The fourth-order valence-electron chi connectivity index (χ4n) is 3.15. The highest BCUT2D eigenvalue weighted by molar-refractivity contribution is 7.90. The summed E-state index contributed by atoms with van der Waals surface area (Å²) >= 11 is 1.48. The summed E-state index contributed by atoms with van der Waals surface area (Å²) in [5, 5.41) is 15.0. The Morgan fingerprint density at radius 3 is 2.32 bits per heavy atom. The standard InChI is InChI=1S/C23H21FN2O3S2/c1-23(2,27)22-14-19(26(25-22)17-9-7-16(24)8-10-17)21-12-11-20(30-21)15-5-4-6-18(13-15)31(3,28)29/h4-14,27H,1-3H3. The largest absolute Gasteiger partial charge is 0.384 e. The van der Waals surface area contributed by atoms with Gasteiger partial charge in [0.25, 0.3) is 0 Å². The summed E-state index contributed by atoms with van der Waals surface area (Å²) in [7, 11) is -3.31. The molecule has 4 rings (SSSR count). The van der Waals surface area contributed by atoms with Crippen molar-refractivity contribution in [3.8, 4) is 26.7 Å². The monoisotopic (exact) mass is 456 g/mol. The number of sulfone groups is 1. The van der Waals surface area contributed by atoms with Crippen molar-refractivity contribution >= 4 is 21.2 Å². The Hall–Kier alpha value is -2.81. The van der Waals surface area contributed by atoms with Gasteiger partial charge in [0.2, 0.25) is 0 Å². The van der Waals surface area contributed by atoms with Crippen LogP contribution in [0.5, 0.6) is 0 Å². The molecule has 0 saturated carbocycles. The second kappa shape index (κ2) is 7.71.